The van der Waals surface area contributed by atoms with Crippen LogP contribution in [-0.4, -0.2) is 23.8 Å². The lowest BCUT2D eigenvalue weighted by Crippen LogP contribution is -2.46. The fourth-order valence-corrected chi connectivity index (χ4v) is 2.55. The van der Waals surface area contributed by atoms with Crippen molar-refractivity contribution in [3.8, 4) is 0 Å². The van der Waals surface area contributed by atoms with Crippen molar-refractivity contribution in [2.75, 3.05) is 6.61 Å². The van der Waals surface area contributed by atoms with E-state index in [0.29, 0.717) is 17.4 Å². The van der Waals surface area contributed by atoms with E-state index in [1.807, 2.05) is 0 Å². The molecular weight excluding hydrogens is 198 g/mol. The minimum atomic E-state index is 0.273. The topological polar surface area (TPSA) is 32.3 Å². The number of aliphatic hydroxyl groups is 1. The first-order chi connectivity index (χ1) is 7.48. The minimum absolute atomic E-state index is 0.273. The Morgan fingerprint density at radius 1 is 1.31 bits per heavy atom. The van der Waals surface area contributed by atoms with Crippen LogP contribution in [0.25, 0.3) is 0 Å². The second-order valence-electron chi connectivity index (χ2n) is 6.28. The van der Waals surface area contributed by atoms with E-state index in [9.17, 15) is 5.11 Å². The van der Waals surface area contributed by atoms with Gasteiger partial charge in [0.25, 0.3) is 0 Å². The quantitative estimate of drug-likeness (QED) is 0.757. The van der Waals surface area contributed by atoms with Gasteiger partial charge in [0, 0.05) is 12.1 Å². The average molecular weight is 227 g/mol. The van der Waals surface area contributed by atoms with Gasteiger partial charge >= 0.3 is 0 Å². The van der Waals surface area contributed by atoms with Gasteiger partial charge in [-0.05, 0) is 37.0 Å². The Balaban J connectivity index is 2.37. The first kappa shape index (κ1) is 14.0. The van der Waals surface area contributed by atoms with Crippen LogP contribution in [0.4, 0.5) is 0 Å². The molecule has 2 N–H and O–H groups in total. The first-order valence-electron chi connectivity index (χ1n) is 6.85. The van der Waals surface area contributed by atoms with Crippen LogP contribution in [-0.2, 0) is 0 Å². The lowest BCUT2D eigenvalue weighted by atomic mass is 9.75. The minimum Gasteiger partial charge on any atom is -0.395 e. The maximum absolute atomic E-state index is 9.40. The fraction of sp³-hybridized carbons (Fsp3) is 1.00. The molecule has 0 heterocycles. The number of rotatable bonds is 5. The van der Waals surface area contributed by atoms with Crippen LogP contribution >= 0.6 is 0 Å². The van der Waals surface area contributed by atoms with Gasteiger partial charge in [-0.15, -0.1) is 0 Å². The second-order valence-corrected chi connectivity index (χ2v) is 6.28. The molecule has 1 fully saturated rings. The lowest BCUT2D eigenvalue weighted by molar-refractivity contribution is 0.152. The van der Waals surface area contributed by atoms with Gasteiger partial charge in [-0.2, -0.15) is 0 Å². The zero-order chi connectivity index (χ0) is 12.2. The van der Waals surface area contributed by atoms with Crippen LogP contribution in [0.3, 0.4) is 0 Å². The molecule has 2 nitrogen and oxygen atoms in total. The molecule has 1 aliphatic rings. The zero-order valence-corrected chi connectivity index (χ0v) is 11.4. The summed E-state index contributed by atoms with van der Waals surface area (Å²) < 4.78 is 0. The van der Waals surface area contributed by atoms with E-state index in [1.54, 1.807) is 0 Å². The summed E-state index contributed by atoms with van der Waals surface area (Å²) in [6, 6.07) is 0.912. The van der Waals surface area contributed by atoms with Crippen LogP contribution in [0.5, 0.6) is 0 Å². The van der Waals surface area contributed by atoms with E-state index in [0.717, 1.165) is 6.42 Å². The third-order valence-electron chi connectivity index (χ3n) is 4.32. The van der Waals surface area contributed by atoms with Gasteiger partial charge < -0.3 is 10.4 Å². The normalized spacial score (nSPS) is 25.3. The predicted molar refractivity (Wildman–Crippen MR) is 69.5 cm³/mol. The molecular formula is C14H29NO. The van der Waals surface area contributed by atoms with Crippen LogP contribution in [0, 0.1) is 11.3 Å². The molecule has 0 aromatic heterocycles. The van der Waals surface area contributed by atoms with Crippen molar-refractivity contribution in [2.24, 2.45) is 11.3 Å². The summed E-state index contributed by atoms with van der Waals surface area (Å²) >= 11 is 0. The van der Waals surface area contributed by atoms with E-state index in [4.69, 9.17) is 0 Å². The number of hydrogen-bond acceptors (Lipinski definition) is 2. The Morgan fingerprint density at radius 2 is 1.88 bits per heavy atom. The summed E-state index contributed by atoms with van der Waals surface area (Å²) in [6.45, 7) is 9.41. The molecule has 2 atom stereocenters. The molecule has 0 aromatic carbocycles. The second kappa shape index (κ2) is 6.02. The van der Waals surface area contributed by atoms with E-state index in [1.165, 1.54) is 25.7 Å². The van der Waals surface area contributed by atoms with Crippen LogP contribution in [0.1, 0.15) is 59.8 Å². The van der Waals surface area contributed by atoms with Gasteiger partial charge in [-0.3, -0.25) is 0 Å². The van der Waals surface area contributed by atoms with Gasteiger partial charge in [0.15, 0.2) is 0 Å². The third kappa shape index (κ3) is 4.06. The van der Waals surface area contributed by atoms with Crippen molar-refractivity contribution in [1.29, 1.82) is 0 Å². The molecule has 1 aliphatic carbocycles. The van der Waals surface area contributed by atoms with Crippen molar-refractivity contribution < 1.29 is 5.11 Å². The van der Waals surface area contributed by atoms with E-state index < -0.39 is 0 Å². The van der Waals surface area contributed by atoms with E-state index >= 15 is 0 Å². The Hall–Kier alpha value is -0.0800. The van der Waals surface area contributed by atoms with E-state index in [-0.39, 0.29) is 12.6 Å². The van der Waals surface area contributed by atoms with Gasteiger partial charge in [0.2, 0.25) is 0 Å². The molecule has 96 valence electrons. The average Bonchev–Trinajstić information content (AvgIpc) is 2.27. The summed E-state index contributed by atoms with van der Waals surface area (Å²) in [6.07, 6.45) is 6.28. The largest absolute Gasteiger partial charge is 0.395 e. The molecule has 0 radical (unpaired) electrons. The molecule has 0 bridgehead atoms. The van der Waals surface area contributed by atoms with Crippen molar-refractivity contribution in [3.63, 3.8) is 0 Å². The highest BCUT2D eigenvalue weighted by atomic mass is 16.3. The fourth-order valence-electron chi connectivity index (χ4n) is 2.55. The van der Waals surface area contributed by atoms with Crippen molar-refractivity contribution in [1.82, 2.24) is 5.32 Å². The highest BCUT2D eigenvalue weighted by molar-refractivity contribution is 4.85. The predicted octanol–water partition coefficient (Wildman–Crippen LogP) is 2.95. The number of nitrogens with one attached hydrogen (secondary N) is 1. The highest BCUT2D eigenvalue weighted by Gasteiger charge is 2.28. The Kier molecular flexibility index (Phi) is 5.26. The summed E-state index contributed by atoms with van der Waals surface area (Å²) in [5, 5.41) is 13.0. The zero-order valence-electron chi connectivity index (χ0n) is 11.4. The Morgan fingerprint density at radius 3 is 2.31 bits per heavy atom. The number of hydrogen-bond donors (Lipinski definition) is 2. The van der Waals surface area contributed by atoms with Crippen LogP contribution in [0.15, 0.2) is 0 Å². The van der Waals surface area contributed by atoms with Crippen molar-refractivity contribution >= 4 is 0 Å². The summed E-state index contributed by atoms with van der Waals surface area (Å²) in [7, 11) is 0. The highest BCUT2D eigenvalue weighted by Crippen LogP contribution is 2.35. The Labute approximate surface area is 101 Å². The molecule has 0 saturated heterocycles. The molecule has 1 rings (SSSR count). The molecule has 0 aliphatic heterocycles. The van der Waals surface area contributed by atoms with Crippen LogP contribution in [0.2, 0.25) is 0 Å². The third-order valence-corrected chi connectivity index (χ3v) is 4.32. The summed E-state index contributed by atoms with van der Waals surface area (Å²) in [5.41, 5.74) is 0.531. The SMILES string of the molecule is CCC(C)C(CO)NC1CCC(C)(C)CC1. The van der Waals surface area contributed by atoms with Crippen LogP contribution < -0.4 is 5.32 Å². The van der Waals surface area contributed by atoms with Crippen molar-refractivity contribution in [2.45, 2.75) is 71.9 Å². The molecule has 16 heavy (non-hydrogen) atoms. The Bertz CT molecular complexity index is 193. The first-order valence-corrected chi connectivity index (χ1v) is 6.85. The smallest absolute Gasteiger partial charge is 0.0587 e. The van der Waals surface area contributed by atoms with E-state index in [2.05, 4.69) is 33.0 Å². The lowest BCUT2D eigenvalue weighted by Gasteiger charge is -2.37. The van der Waals surface area contributed by atoms with Gasteiger partial charge in [-0.1, -0.05) is 34.1 Å². The molecule has 2 heteroatoms. The molecule has 0 amide bonds. The van der Waals surface area contributed by atoms with Gasteiger partial charge in [0.05, 0.1) is 6.61 Å². The maximum atomic E-state index is 9.40. The molecule has 0 aromatic rings. The maximum Gasteiger partial charge on any atom is 0.0587 e. The monoisotopic (exact) mass is 227 g/mol. The molecule has 2 unspecified atom stereocenters. The molecule has 1 saturated carbocycles. The standard InChI is InChI=1S/C14H29NO/c1-5-11(2)13(10-16)15-12-6-8-14(3,4)9-7-12/h11-13,15-16H,5-10H2,1-4H3. The number of aliphatic hydroxyl groups excluding tert-OH is 1. The van der Waals surface area contributed by atoms with Gasteiger partial charge in [0.1, 0.15) is 0 Å². The van der Waals surface area contributed by atoms with Crippen molar-refractivity contribution in [3.05, 3.63) is 0 Å². The van der Waals surface area contributed by atoms with Gasteiger partial charge in [-0.25, -0.2) is 0 Å². The molecule has 0 spiro atoms. The summed E-state index contributed by atoms with van der Waals surface area (Å²) in [5.74, 6) is 0.569. The summed E-state index contributed by atoms with van der Waals surface area (Å²) in [4.78, 5) is 0.